The van der Waals surface area contributed by atoms with Crippen LogP contribution in [0, 0.1) is 0 Å². The molecule has 1 aliphatic rings. The van der Waals surface area contributed by atoms with Crippen molar-refractivity contribution >= 4 is 5.95 Å². The molecule has 3 rings (SSSR count). The van der Waals surface area contributed by atoms with Gasteiger partial charge in [0.1, 0.15) is 6.61 Å². The molecule has 0 spiro atoms. The van der Waals surface area contributed by atoms with Gasteiger partial charge in [0.05, 0.1) is 12.4 Å². The van der Waals surface area contributed by atoms with E-state index >= 15 is 0 Å². The number of anilines is 1. The van der Waals surface area contributed by atoms with Gasteiger partial charge in [-0.25, -0.2) is 9.97 Å². The molecule has 1 saturated heterocycles. The summed E-state index contributed by atoms with van der Waals surface area (Å²) in [4.78, 5) is 10.9. The molecule has 1 aliphatic heterocycles. The molecule has 0 radical (unpaired) electrons. The number of hydrogen-bond donors (Lipinski definition) is 1. The van der Waals surface area contributed by atoms with Gasteiger partial charge in [0, 0.05) is 26.2 Å². The lowest BCUT2D eigenvalue weighted by atomic mass is 10.2. The molecule has 1 aromatic carbocycles. The zero-order valence-corrected chi connectivity index (χ0v) is 11.3. The second-order valence-electron chi connectivity index (χ2n) is 4.73. The Morgan fingerprint density at radius 2 is 1.75 bits per heavy atom. The fourth-order valence-electron chi connectivity index (χ4n) is 2.15. The standard InChI is InChI=1S/C15H18N4O/c1-2-4-13(5-3-1)12-20-14-10-17-15(18-11-14)19-8-6-16-7-9-19/h1-5,10-11,16H,6-9,12H2. The van der Waals surface area contributed by atoms with Crippen LogP contribution in [-0.4, -0.2) is 36.1 Å². The number of aromatic nitrogens is 2. The van der Waals surface area contributed by atoms with Crippen LogP contribution in [0.5, 0.6) is 5.75 Å². The Bertz CT molecular complexity index is 523. The fourth-order valence-corrected chi connectivity index (χ4v) is 2.15. The van der Waals surface area contributed by atoms with E-state index in [4.69, 9.17) is 4.74 Å². The topological polar surface area (TPSA) is 50.3 Å². The van der Waals surface area contributed by atoms with Gasteiger partial charge in [-0.15, -0.1) is 0 Å². The normalized spacial score (nSPS) is 15.1. The maximum atomic E-state index is 5.68. The summed E-state index contributed by atoms with van der Waals surface area (Å²) in [5.74, 6) is 1.48. The number of benzene rings is 1. The quantitative estimate of drug-likeness (QED) is 0.911. The molecule has 0 atom stereocenters. The molecule has 2 heterocycles. The smallest absolute Gasteiger partial charge is 0.225 e. The van der Waals surface area contributed by atoms with Crippen molar-refractivity contribution in [3.05, 3.63) is 48.3 Å². The Hall–Kier alpha value is -2.14. The number of rotatable bonds is 4. The molecule has 5 nitrogen and oxygen atoms in total. The monoisotopic (exact) mass is 270 g/mol. The first-order valence-electron chi connectivity index (χ1n) is 6.86. The summed E-state index contributed by atoms with van der Waals surface area (Å²) in [6.45, 7) is 4.40. The fraction of sp³-hybridized carbons (Fsp3) is 0.333. The summed E-state index contributed by atoms with van der Waals surface area (Å²) in [6.07, 6.45) is 3.49. The average Bonchev–Trinajstić information content (AvgIpc) is 2.55. The molecule has 0 amide bonds. The van der Waals surface area contributed by atoms with E-state index in [1.165, 1.54) is 0 Å². The lowest BCUT2D eigenvalue weighted by molar-refractivity contribution is 0.303. The highest BCUT2D eigenvalue weighted by Gasteiger charge is 2.12. The maximum absolute atomic E-state index is 5.68. The van der Waals surface area contributed by atoms with Gasteiger partial charge in [0.2, 0.25) is 5.95 Å². The lowest BCUT2D eigenvalue weighted by Gasteiger charge is -2.27. The van der Waals surface area contributed by atoms with Crippen molar-refractivity contribution in [1.82, 2.24) is 15.3 Å². The molecule has 104 valence electrons. The first-order chi connectivity index (χ1) is 9.92. The predicted octanol–water partition coefficient (Wildman–Crippen LogP) is 1.47. The van der Waals surface area contributed by atoms with Crippen molar-refractivity contribution in [2.45, 2.75) is 6.61 Å². The van der Waals surface area contributed by atoms with Crippen LogP contribution < -0.4 is 15.0 Å². The SMILES string of the molecule is c1ccc(COc2cnc(N3CCNCC3)nc2)cc1. The molecule has 0 aliphatic carbocycles. The zero-order valence-electron chi connectivity index (χ0n) is 11.3. The van der Waals surface area contributed by atoms with Gasteiger partial charge < -0.3 is 15.0 Å². The molecule has 5 heteroatoms. The second-order valence-corrected chi connectivity index (χ2v) is 4.73. The summed E-state index contributed by atoms with van der Waals surface area (Å²) in [5.41, 5.74) is 1.14. The van der Waals surface area contributed by atoms with Gasteiger partial charge in [-0.05, 0) is 5.56 Å². The van der Waals surface area contributed by atoms with Crippen LogP contribution in [-0.2, 0) is 6.61 Å². The van der Waals surface area contributed by atoms with E-state index in [0.717, 1.165) is 37.7 Å². The second kappa shape index (κ2) is 6.34. The van der Waals surface area contributed by atoms with Gasteiger partial charge in [0.15, 0.2) is 5.75 Å². The van der Waals surface area contributed by atoms with E-state index in [0.29, 0.717) is 12.4 Å². The van der Waals surface area contributed by atoms with Crippen LogP contribution in [0.4, 0.5) is 5.95 Å². The van der Waals surface area contributed by atoms with Crippen LogP contribution in [0.15, 0.2) is 42.7 Å². The first-order valence-corrected chi connectivity index (χ1v) is 6.86. The molecule has 1 N–H and O–H groups in total. The Balaban J connectivity index is 1.58. The summed E-state index contributed by atoms with van der Waals surface area (Å²) in [5, 5.41) is 3.31. The zero-order chi connectivity index (χ0) is 13.6. The molecular formula is C15H18N4O. The minimum atomic E-state index is 0.539. The van der Waals surface area contributed by atoms with E-state index in [9.17, 15) is 0 Å². The largest absolute Gasteiger partial charge is 0.486 e. The van der Waals surface area contributed by atoms with Crippen LogP contribution in [0.3, 0.4) is 0 Å². The third-order valence-corrected chi connectivity index (χ3v) is 3.26. The van der Waals surface area contributed by atoms with Gasteiger partial charge in [-0.1, -0.05) is 30.3 Å². The molecule has 1 aromatic heterocycles. The molecular weight excluding hydrogens is 252 g/mol. The van der Waals surface area contributed by atoms with Crippen molar-refractivity contribution in [1.29, 1.82) is 0 Å². The van der Waals surface area contributed by atoms with E-state index in [1.54, 1.807) is 12.4 Å². The molecule has 20 heavy (non-hydrogen) atoms. The minimum absolute atomic E-state index is 0.539. The third kappa shape index (κ3) is 3.24. The van der Waals surface area contributed by atoms with Crippen LogP contribution in [0.1, 0.15) is 5.56 Å². The molecule has 0 bridgehead atoms. The van der Waals surface area contributed by atoms with Crippen LogP contribution in [0.25, 0.3) is 0 Å². The van der Waals surface area contributed by atoms with Gasteiger partial charge in [-0.2, -0.15) is 0 Å². The minimum Gasteiger partial charge on any atom is -0.486 e. The lowest BCUT2D eigenvalue weighted by Crippen LogP contribution is -2.44. The van der Waals surface area contributed by atoms with E-state index in [1.807, 2.05) is 30.3 Å². The van der Waals surface area contributed by atoms with Gasteiger partial charge >= 0.3 is 0 Å². The summed E-state index contributed by atoms with van der Waals surface area (Å²) in [6, 6.07) is 10.1. The van der Waals surface area contributed by atoms with Crippen LogP contribution in [0.2, 0.25) is 0 Å². The Kier molecular flexibility index (Phi) is 4.08. The summed E-state index contributed by atoms with van der Waals surface area (Å²) in [7, 11) is 0. The first kappa shape index (κ1) is 12.9. The van der Waals surface area contributed by atoms with Crippen molar-refractivity contribution in [2.24, 2.45) is 0 Å². The van der Waals surface area contributed by atoms with Gasteiger partial charge in [-0.3, -0.25) is 0 Å². The number of piperazine rings is 1. The highest BCUT2D eigenvalue weighted by molar-refractivity contribution is 5.32. The highest BCUT2D eigenvalue weighted by atomic mass is 16.5. The highest BCUT2D eigenvalue weighted by Crippen LogP contribution is 2.14. The molecule has 0 saturated carbocycles. The Morgan fingerprint density at radius 3 is 2.45 bits per heavy atom. The van der Waals surface area contributed by atoms with E-state index in [-0.39, 0.29) is 0 Å². The maximum Gasteiger partial charge on any atom is 0.225 e. The molecule has 0 unspecified atom stereocenters. The van der Waals surface area contributed by atoms with Crippen molar-refractivity contribution in [3.63, 3.8) is 0 Å². The number of nitrogens with zero attached hydrogens (tertiary/aromatic N) is 3. The van der Waals surface area contributed by atoms with E-state index in [2.05, 4.69) is 20.2 Å². The average molecular weight is 270 g/mol. The predicted molar refractivity (Wildman–Crippen MR) is 77.9 cm³/mol. The number of ether oxygens (including phenoxy) is 1. The Labute approximate surface area is 118 Å². The van der Waals surface area contributed by atoms with Crippen molar-refractivity contribution < 1.29 is 4.74 Å². The number of hydrogen-bond acceptors (Lipinski definition) is 5. The Morgan fingerprint density at radius 1 is 1.05 bits per heavy atom. The summed E-state index contributed by atoms with van der Waals surface area (Å²) < 4.78 is 5.68. The third-order valence-electron chi connectivity index (χ3n) is 3.26. The number of nitrogens with one attached hydrogen (secondary N) is 1. The van der Waals surface area contributed by atoms with Crippen molar-refractivity contribution in [2.75, 3.05) is 31.1 Å². The van der Waals surface area contributed by atoms with E-state index < -0.39 is 0 Å². The van der Waals surface area contributed by atoms with Gasteiger partial charge in [0.25, 0.3) is 0 Å². The van der Waals surface area contributed by atoms with Crippen LogP contribution >= 0.6 is 0 Å². The van der Waals surface area contributed by atoms with Crippen molar-refractivity contribution in [3.8, 4) is 5.75 Å². The molecule has 1 fully saturated rings. The summed E-state index contributed by atoms with van der Waals surface area (Å²) >= 11 is 0. The molecule has 2 aromatic rings.